The third-order valence-corrected chi connectivity index (χ3v) is 7.44. The molecule has 1 N–H and O–H groups in total. The molecule has 1 aliphatic rings. The first kappa shape index (κ1) is 22.8. The van der Waals surface area contributed by atoms with Gasteiger partial charge in [-0.25, -0.2) is 4.68 Å². The molecule has 1 aromatic heterocycles. The molecule has 0 atom stereocenters. The fraction of sp³-hybridized carbons (Fsp3) is 0.259. The molecule has 1 fully saturated rings. The molecule has 0 saturated heterocycles. The van der Waals surface area contributed by atoms with Crippen molar-refractivity contribution in [3.8, 4) is 5.69 Å². The van der Waals surface area contributed by atoms with Crippen molar-refractivity contribution < 1.29 is 4.79 Å². The Morgan fingerprint density at radius 3 is 2.44 bits per heavy atom. The summed E-state index contributed by atoms with van der Waals surface area (Å²) in [5.74, 6) is 0.418. The molecule has 0 unspecified atom stereocenters. The molecule has 0 radical (unpaired) electrons. The molecule has 3 aromatic carbocycles. The smallest absolute Gasteiger partial charge is 0.279 e. The van der Waals surface area contributed by atoms with Crippen LogP contribution < -0.4 is 10.3 Å². The monoisotopic (exact) mass is 491 g/mol. The third-order valence-electron chi connectivity index (χ3n) is 6.38. The Labute approximate surface area is 207 Å². The van der Waals surface area contributed by atoms with E-state index in [4.69, 9.17) is 11.6 Å². The largest absolute Gasteiger partial charge is 0.296 e. The van der Waals surface area contributed by atoms with Gasteiger partial charge in [-0.1, -0.05) is 61.2 Å². The van der Waals surface area contributed by atoms with Crippen molar-refractivity contribution in [3.63, 3.8) is 0 Å². The molecule has 4 aromatic rings. The minimum atomic E-state index is -0.211. The molecular formula is C27H26ClN3O2S. The Kier molecular flexibility index (Phi) is 6.79. The first-order chi connectivity index (χ1) is 16.6. The van der Waals surface area contributed by atoms with Gasteiger partial charge in [0.05, 0.1) is 22.6 Å². The van der Waals surface area contributed by atoms with Crippen LogP contribution in [0.15, 0.2) is 77.6 Å². The number of amides is 1. The van der Waals surface area contributed by atoms with Crippen LogP contribution in [-0.4, -0.2) is 15.3 Å². The summed E-state index contributed by atoms with van der Waals surface area (Å²) in [6.07, 6.45) is 5.68. The van der Waals surface area contributed by atoms with Gasteiger partial charge in [-0.3, -0.25) is 19.0 Å². The second kappa shape index (κ2) is 10.1. The number of hydrogen-bond acceptors (Lipinski definition) is 3. The zero-order valence-corrected chi connectivity index (χ0v) is 20.3. The SMILES string of the molecule is O=C(NSCc1ccc(Cl)cc1)c1ccc2c(c1)c(=O)n(-c1ccccc1)n2C1CCCCC1. The summed E-state index contributed by atoms with van der Waals surface area (Å²) in [6, 6.07) is 23.0. The topological polar surface area (TPSA) is 56.0 Å². The van der Waals surface area contributed by atoms with E-state index in [0.29, 0.717) is 21.7 Å². The van der Waals surface area contributed by atoms with Gasteiger partial charge in [0.2, 0.25) is 0 Å². The third kappa shape index (κ3) is 4.65. The standard InChI is InChI=1S/C27H26ClN3O2S/c28-21-14-11-19(12-15-21)18-34-29-26(32)20-13-16-25-24(17-20)27(33)31(23-9-5-2-6-10-23)30(25)22-7-3-1-4-8-22/h2,5-6,9-17,22H,1,3-4,7-8,18H2,(H,29,32). The number of fused-ring (bicyclic) bond motifs is 1. The molecule has 0 bridgehead atoms. The number of aromatic nitrogens is 2. The van der Waals surface area contributed by atoms with E-state index in [2.05, 4.69) is 9.40 Å². The summed E-state index contributed by atoms with van der Waals surface area (Å²) in [4.78, 5) is 26.4. The van der Waals surface area contributed by atoms with Crippen LogP contribution in [0.4, 0.5) is 0 Å². The van der Waals surface area contributed by atoms with E-state index in [1.54, 1.807) is 10.7 Å². The van der Waals surface area contributed by atoms with Gasteiger partial charge in [0.25, 0.3) is 11.5 Å². The molecule has 1 saturated carbocycles. The van der Waals surface area contributed by atoms with Gasteiger partial charge in [-0.2, -0.15) is 0 Å². The molecule has 5 rings (SSSR count). The van der Waals surface area contributed by atoms with Crippen LogP contribution >= 0.6 is 23.5 Å². The van der Waals surface area contributed by atoms with Gasteiger partial charge >= 0.3 is 0 Å². The van der Waals surface area contributed by atoms with Crippen LogP contribution in [-0.2, 0) is 5.75 Å². The van der Waals surface area contributed by atoms with Crippen LogP contribution in [0.5, 0.6) is 0 Å². The van der Waals surface area contributed by atoms with Crippen LogP contribution in [0, 0.1) is 0 Å². The highest BCUT2D eigenvalue weighted by Gasteiger charge is 2.24. The van der Waals surface area contributed by atoms with E-state index < -0.39 is 0 Å². The number of carbonyl (C=O) groups excluding carboxylic acids is 1. The molecule has 1 heterocycles. The van der Waals surface area contributed by atoms with E-state index in [1.807, 2.05) is 66.7 Å². The van der Waals surface area contributed by atoms with Crippen LogP contribution in [0.2, 0.25) is 5.02 Å². The van der Waals surface area contributed by atoms with Crippen LogP contribution in [0.25, 0.3) is 16.6 Å². The lowest BCUT2D eigenvalue weighted by molar-refractivity contribution is 0.0984. The minimum absolute atomic E-state index is 0.0877. The molecular weight excluding hydrogens is 466 g/mol. The molecule has 1 aliphatic carbocycles. The van der Waals surface area contributed by atoms with Gasteiger partial charge in [0.1, 0.15) is 0 Å². The van der Waals surface area contributed by atoms with Gasteiger partial charge < -0.3 is 0 Å². The Morgan fingerprint density at radius 1 is 0.971 bits per heavy atom. The van der Waals surface area contributed by atoms with Crippen LogP contribution in [0.1, 0.15) is 54.1 Å². The number of benzene rings is 3. The lowest BCUT2D eigenvalue weighted by atomic mass is 9.95. The highest BCUT2D eigenvalue weighted by Crippen LogP contribution is 2.32. The van der Waals surface area contributed by atoms with E-state index in [9.17, 15) is 9.59 Å². The van der Waals surface area contributed by atoms with Gasteiger partial charge in [0.15, 0.2) is 0 Å². The predicted molar refractivity (Wildman–Crippen MR) is 140 cm³/mol. The van der Waals surface area contributed by atoms with E-state index in [1.165, 1.54) is 31.2 Å². The average Bonchev–Trinajstić information content (AvgIpc) is 3.18. The quantitative estimate of drug-likeness (QED) is 0.312. The number of carbonyl (C=O) groups is 1. The average molecular weight is 492 g/mol. The maximum absolute atomic E-state index is 13.6. The number of nitrogens with one attached hydrogen (secondary N) is 1. The van der Waals surface area contributed by atoms with Crippen molar-refractivity contribution in [2.24, 2.45) is 0 Å². The van der Waals surface area contributed by atoms with Gasteiger partial charge in [0, 0.05) is 16.3 Å². The minimum Gasteiger partial charge on any atom is -0.296 e. The van der Waals surface area contributed by atoms with Gasteiger partial charge in [-0.15, -0.1) is 0 Å². The first-order valence-corrected chi connectivity index (χ1v) is 13.0. The van der Waals surface area contributed by atoms with E-state index >= 15 is 0 Å². The number of rotatable bonds is 6. The van der Waals surface area contributed by atoms with Crippen molar-refractivity contribution in [1.29, 1.82) is 0 Å². The Bertz CT molecular complexity index is 1360. The van der Waals surface area contributed by atoms with Crippen molar-refractivity contribution in [2.75, 3.05) is 0 Å². The zero-order valence-electron chi connectivity index (χ0n) is 18.7. The highest BCUT2D eigenvalue weighted by molar-refractivity contribution is 7.97. The van der Waals surface area contributed by atoms with E-state index in [-0.39, 0.29) is 17.5 Å². The summed E-state index contributed by atoms with van der Waals surface area (Å²) in [5, 5.41) is 1.26. The Hall–Kier alpha value is -2.96. The first-order valence-electron chi connectivity index (χ1n) is 11.6. The summed E-state index contributed by atoms with van der Waals surface area (Å²) < 4.78 is 6.84. The maximum Gasteiger partial charge on any atom is 0.279 e. The predicted octanol–water partition coefficient (Wildman–Crippen LogP) is 6.53. The molecule has 174 valence electrons. The summed E-state index contributed by atoms with van der Waals surface area (Å²) in [7, 11) is 0. The van der Waals surface area contributed by atoms with Crippen molar-refractivity contribution in [2.45, 2.75) is 43.9 Å². The highest BCUT2D eigenvalue weighted by atomic mass is 35.5. The number of nitrogens with zero attached hydrogens (tertiary/aromatic N) is 2. The molecule has 1 amide bonds. The van der Waals surface area contributed by atoms with Crippen molar-refractivity contribution in [3.05, 3.63) is 99.3 Å². The summed E-state index contributed by atoms with van der Waals surface area (Å²) in [5.41, 5.74) is 3.19. The maximum atomic E-state index is 13.6. The Balaban J connectivity index is 1.45. The van der Waals surface area contributed by atoms with Crippen molar-refractivity contribution >= 4 is 40.4 Å². The van der Waals surface area contributed by atoms with Crippen LogP contribution in [0.3, 0.4) is 0 Å². The van der Waals surface area contributed by atoms with Crippen molar-refractivity contribution in [1.82, 2.24) is 14.1 Å². The van der Waals surface area contributed by atoms with Gasteiger partial charge in [-0.05, 0) is 72.8 Å². The number of hydrogen-bond donors (Lipinski definition) is 1. The molecule has 0 aliphatic heterocycles. The van der Waals surface area contributed by atoms with E-state index in [0.717, 1.165) is 29.6 Å². The molecule has 5 nitrogen and oxygen atoms in total. The molecule has 34 heavy (non-hydrogen) atoms. The lowest BCUT2D eigenvalue weighted by Gasteiger charge is -2.26. The fourth-order valence-electron chi connectivity index (χ4n) is 4.69. The number of halogens is 1. The summed E-state index contributed by atoms with van der Waals surface area (Å²) in [6.45, 7) is 0. The zero-order chi connectivity index (χ0) is 23.5. The second-order valence-electron chi connectivity index (χ2n) is 8.67. The summed E-state index contributed by atoms with van der Waals surface area (Å²) >= 11 is 7.25. The fourth-order valence-corrected chi connectivity index (χ4v) is 5.50. The molecule has 0 spiro atoms. The normalized spacial score (nSPS) is 14.4. The number of para-hydroxylation sites is 1. The second-order valence-corrected chi connectivity index (χ2v) is 9.89. The Morgan fingerprint density at radius 2 is 1.71 bits per heavy atom. The lowest BCUT2D eigenvalue weighted by Crippen LogP contribution is -2.25. The molecule has 7 heteroatoms.